The minimum absolute atomic E-state index is 0. The van der Waals surface area contributed by atoms with Gasteiger partial charge in [0, 0.05) is 12.8 Å². The van der Waals surface area contributed by atoms with E-state index >= 15 is 0 Å². The third kappa shape index (κ3) is 8.21. The molecule has 19 heavy (non-hydrogen) atoms. The number of carbonyl (C=O) groups excluding carboxylic acids is 2. The van der Waals surface area contributed by atoms with E-state index in [0.717, 1.165) is 12.8 Å². The summed E-state index contributed by atoms with van der Waals surface area (Å²) < 4.78 is 0. The maximum atomic E-state index is 10.2. The number of rotatable bonds is 5. The number of aliphatic carboxylic acids is 1. The van der Waals surface area contributed by atoms with E-state index in [4.69, 9.17) is 21.8 Å². The van der Waals surface area contributed by atoms with Crippen LogP contribution in [0.15, 0.2) is 0 Å². The molecule has 1 aliphatic rings. The molecule has 0 radical (unpaired) electrons. The molecule has 1 saturated heterocycles. The smallest absolute Gasteiger partial charge is 0.320 e. The van der Waals surface area contributed by atoms with Crippen LogP contribution < -0.4 is 17.6 Å². The highest BCUT2D eigenvalue weighted by molar-refractivity contribution is 6.00. The molecule has 0 saturated carbocycles. The monoisotopic (exact) mass is 278 g/mol. The van der Waals surface area contributed by atoms with Gasteiger partial charge < -0.3 is 22.7 Å². The van der Waals surface area contributed by atoms with Crippen molar-refractivity contribution in [3.63, 3.8) is 0 Å². The summed E-state index contributed by atoms with van der Waals surface area (Å²) >= 11 is 0. The van der Waals surface area contributed by atoms with Gasteiger partial charge in [0.25, 0.3) is 11.8 Å². The molecule has 2 amide bonds. The summed E-state index contributed by atoms with van der Waals surface area (Å²) in [5, 5.41) is 16.9. The molecular weight excluding hydrogens is 256 g/mol. The number of hydroxylamine groups is 2. The Hall–Kier alpha value is -1.55. The van der Waals surface area contributed by atoms with Crippen LogP contribution in [0, 0.1) is 0 Å². The maximum absolute atomic E-state index is 10.2. The van der Waals surface area contributed by atoms with Gasteiger partial charge in [-0.2, -0.15) is 5.06 Å². The molecule has 1 fully saturated rings. The van der Waals surface area contributed by atoms with Crippen LogP contribution in [-0.4, -0.2) is 45.7 Å². The van der Waals surface area contributed by atoms with Gasteiger partial charge in [0.15, 0.2) is 0 Å². The number of nitrogens with zero attached hydrogens (tertiary/aromatic N) is 1. The summed E-state index contributed by atoms with van der Waals surface area (Å²) in [6, 6.07) is -0.716. The molecule has 9 nitrogen and oxygen atoms in total. The Morgan fingerprint density at radius 2 is 1.74 bits per heavy atom. The van der Waals surface area contributed by atoms with Crippen LogP contribution in [-0.2, 0) is 14.4 Å². The van der Waals surface area contributed by atoms with Gasteiger partial charge in [-0.25, -0.2) is 0 Å². The Kier molecular flexibility index (Phi) is 10.8. The highest BCUT2D eigenvalue weighted by Crippen LogP contribution is 2.07. The van der Waals surface area contributed by atoms with E-state index in [1.54, 1.807) is 0 Å². The quantitative estimate of drug-likeness (QED) is 0.246. The molecule has 9 heteroatoms. The second-order valence-corrected chi connectivity index (χ2v) is 3.83. The van der Waals surface area contributed by atoms with E-state index in [-0.39, 0.29) is 24.1 Å². The van der Waals surface area contributed by atoms with Gasteiger partial charge in [-0.3, -0.25) is 19.6 Å². The number of carboxylic acids is 1. The summed E-state index contributed by atoms with van der Waals surface area (Å²) in [5.74, 6) is -1.94. The standard InChI is InChI=1S/C6H14N2O2.C4H5NO3.H3N/c7-4-2-1-3-5(8)6(9)10;6-3-1-2-4(7)5(3)8;/h5H,1-4,7-8H2,(H,9,10);8H,1-2H2;1H3. The Morgan fingerprint density at radius 1 is 1.26 bits per heavy atom. The number of imide groups is 1. The third-order valence-electron chi connectivity index (χ3n) is 2.31. The van der Waals surface area contributed by atoms with Gasteiger partial charge in [0.1, 0.15) is 6.04 Å². The van der Waals surface area contributed by atoms with Crippen molar-refractivity contribution < 1.29 is 24.7 Å². The van der Waals surface area contributed by atoms with Gasteiger partial charge in [0.05, 0.1) is 0 Å². The van der Waals surface area contributed by atoms with Crippen molar-refractivity contribution in [3.8, 4) is 0 Å². The normalized spacial score (nSPS) is 15.4. The molecule has 112 valence electrons. The predicted molar refractivity (Wildman–Crippen MR) is 66.4 cm³/mol. The number of amides is 2. The Bertz CT molecular complexity index is 294. The fourth-order valence-electron chi connectivity index (χ4n) is 1.20. The summed E-state index contributed by atoms with van der Waals surface area (Å²) in [7, 11) is 0. The fraction of sp³-hybridized carbons (Fsp3) is 0.700. The minimum Gasteiger partial charge on any atom is -0.480 e. The highest BCUT2D eigenvalue weighted by atomic mass is 16.5. The highest BCUT2D eigenvalue weighted by Gasteiger charge is 2.26. The molecule has 1 rings (SSSR count). The predicted octanol–water partition coefficient (Wildman–Crippen LogP) is -0.786. The zero-order chi connectivity index (χ0) is 14.1. The second kappa shape index (κ2) is 10.4. The first kappa shape index (κ1) is 19.8. The first-order valence-corrected chi connectivity index (χ1v) is 5.63. The lowest BCUT2D eigenvalue weighted by molar-refractivity contribution is -0.171. The SMILES string of the molecule is N.NCCCCC(N)C(=O)O.O=C1CCC(=O)N1O. The van der Waals surface area contributed by atoms with Crippen molar-refractivity contribution in [2.75, 3.05) is 6.54 Å². The zero-order valence-corrected chi connectivity index (χ0v) is 10.7. The minimum atomic E-state index is -0.933. The van der Waals surface area contributed by atoms with Crippen molar-refractivity contribution in [1.29, 1.82) is 0 Å². The van der Waals surface area contributed by atoms with Crippen LogP contribution >= 0.6 is 0 Å². The van der Waals surface area contributed by atoms with E-state index < -0.39 is 23.8 Å². The molecule has 0 aromatic rings. The largest absolute Gasteiger partial charge is 0.480 e. The van der Waals surface area contributed by atoms with Crippen molar-refractivity contribution in [2.24, 2.45) is 11.5 Å². The molecule has 1 aliphatic heterocycles. The van der Waals surface area contributed by atoms with Gasteiger partial charge in [0.2, 0.25) is 0 Å². The van der Waals surface area contributed by atoms with Crippen molar-refractivity contribution >= 4 is 17.8 Å². The van der Waals surface area contributed by atoms with E-state index in [9.17, 15) is 14.4 Å². The molecule has 0 bridgehead atoms. The Morgan fingerprint density at radius 3 is 2.00 bits per heavy atom. The van der Waals surface area contributed by atoms with Crippen molar-refractivity contribution in [1.82, 2.24) is 11.2 Å². The van der Waals surface area contributed by atoms with Gasteiger partial charge in [-0.05, 0) is 19.4 Å². The van der Waals surface area contributed by atoms with Crippen LogP contribution in [0.25, 0.3) is 0 Å². The number of hydrogen-bond donors (Lipinski definition) is 5. The Labute approximate surface area is 111 Å². The first-order valence-electron chi connectivity index (χ1n) is 5.63. The van der Waals surface area contributed by atoms with E-state index in [1.807, 2.05) is 0 Å². The molecule has 0 spiro atoms. The van der Waals surface area contributed by atoms with Crippen LogP contribution in [0.5, 0.6) is 0 Å². The molecule has 1 heterocycles. The lowest BCUT2D eigenvalue weighted by atomic mass is 10.1. The number of carboxylic acid groups (broad SMARTS) is 1. The van der Waals surface area contributed by atoms with Crippen LogP contribution in [0.4, 0.5) is 0 Å². The summed E-state index contributed by atoms with van der Waals surface area (Å²) in [6.45, 7) is 0.604. The number of hydrogen-bond acceptors (Lipinski definition) is 7. The van der Waals surface area contributed by atoms with E-state index in [1.165, 1.54) is 0 Å². The Balaban J connectivity index is 0. The topological polar surface area (TPSA) is 182 Å². The van der Waals surface area contributed by atoms with Crippen LogP contribution in [0.1, 0.15) is 32.1 Å². The summed E-state index contributed by atoms with van der Waals surface area (Å²) in [6.07, 6.45) is 2.46. The van der Waals surface area contributed by atoms with Gasteiger partial charge >= 0.3 is 5.97 Å². The molecule has 0 aliphatic carbocycles. The van der Waals surface area contributed by atoms with Crippen LogP contribution in [0.2, 0.25) is 0 Å². The van der Waals surface area contributed by atoms with Gasteiger partial charge in [-0.1, -0.05) is 6.42 Å². The molecule has 1 atom stereocenters. The van der Waals surface area contributed by atoms with Crippen molar-refractivity contribution in [3.05, 3.63) is 0 Å². The molecule has 0 aromatic heterocycles. The molecule has 1 unspecified atom stereocenters. The number of nitrogens with two attached hydrogens (primary N) is 2. The fourth-order valence-corrected chi connectivity index (χ4v) is 1.20. The lowest BCUT2D eigenvalue weighted by Crippen LogP contribution is -2.29. The molecule has 0 aromatic carbocycles. The third-order valence-corrected chi connectivity index (χ3v) is 2.31. The van der Waals surface area contributed by atoms with Crippen LogP contribution in [0.3, 0.4) is 0 Å². The average molecular weight is 278 g/mol. The van der Waals surface area contributed by atoms with E-state index in [0.29, 0.717) is 13.0 Å². The summed E-state index contributed by atoms with van der Waals surface area (Å²) in [4.78, 5) is 30.6. The second-order valence-electron chi connectivity index (χ2n) is 3.83. The first-order chi connectivity index (χ1) is 8.40. The van der Waals surface area contributed by atoms with E-state index in [2.05, 4.69) is 0 Å². The average Bonchev–Trinajstić information content (AvgIpc) is 2.61. The van der Waals surface area contributed by atoms with Crippen molar-refractivity contribution in [2.45, 2.75) is 38.1 Å². The number of unbranched alkanes of at least 4 members (excludes halogenated alkanes) is 1. The number of carbonyl (C=O) groups is 3. The molecular formula is C10H22N4O5. The lowest BCUT2D eigenvalue weighted by Gasteiger charge is -2.03. The molecule has 9 N–H and O–H groups in total. The maximum Gasteiger partial charge on any atom is 0.320 e. The summed E-state index contributed by atoms with van der Waals surface area (Å²) in [5.41, 5.74) is 10.4. The van der Waals surface area contributed by atoms with Gasteiger partial charge in [-0.15, -0.1) is 0 Å². The zero-order valence-electron chi connectivity index (χ0n) is 10.7.